The molecule has 1 aliphatic rings. The van der Waals surface area contributed by atoms with Gasteiger partial charge in [0.2, 0.25) is 0 Å². The van der Waals surface area contributed by atoms with Gasteiger partial charge in [-0.25, -0.2) is 9.97 Å². The summed E-state index contributed by atoms with van der Waals surface area (Å²) in [7, 11) is 0. The van der Waals surface area contributed by atoms with E-state index in [0.29, 0.717) is 12.4 Å². The van der Waals surface area contributed by atoms with Crippen molar-refractivity contribution in [1.82, 2.24) is 9.97 Å². The van der Waals surface area contributed by atoms with E-state index < -0.39 is 5.60 Å². The summed E-state index contributed by atoms with van der Waals surface area (Å²) >= 11 is 0. The number of nitrogens with two attached hydrogens (primary N) is 1. The maximum absolute atomic E-state index is 6.15. The van der Waals surface area contributed by atoms with Crippen LogP contribution < -0.4 is 5.73 Å². The van der Waals surface area contributed by atoms with Crippen LogP contribution in [0.2, 0.25) is 0 Å². The lowest BCUT2D eigenvalue weighted by Gasteiger charge is -2.27. The van der Waals surface area contributed by atoms with Crippen molar-refractivity contribution in [2.75, 3.05) is 12.3 Å². The predicted molar refractivity (Wildman–Crippen MR) is 77.0 cm³/mol. The molecule has 0 radical (unpaired) electrons. The number of hydrogen-bond donors (Lipinski definition) is 1. The van der Waals surface area contributed by atoms with Crippen LogP contribution in [-0.2, 0) is 23.2 Å². The van der Waals surface area contributed by atoms with Crippen molar-refractivity contribution in [3.63, 3.8) is 0 Å². The Morgan fingerprint density at radius 2 is 1.89 bits per heavy atom. The van der Waals surface area contributed by atoms with Gasteiger partial charge in [0, 0.05) is 17.9 Å². The van der Waals surface area contributed by atoms with Crippen LogP contribution >= 0.6 is 0 Å². The van der Waals surface area contributed by atoms with E-state index in [0.717, 1.165) is 36.3 Å². The minimum atomic E-state index is -0.426. The summed E-state index contributed by atoms with van der Waals surface area (Å²) in [4.78, 5) is 9.31. The number of hydrogen-bond acceptors (Lipinski definition) is 4. The highest BCUT2D eigenvalue weighted by molar-refractivity contribution is 5.43. The molecule has 1 heterocycles. The van der Waals surface area contributed by atoms with E-state index in [-0.39, 0.29) is 0 Å². The topological polar surface area (TPSA) is 61.0 Å². The van der Waals surface area contributed by atoms with Crippen LogP contribution in [-0.4, -0.2) is 16.6 Å². The Hall–Kier alpha value is -1.16. The van der Waals surface area contributed by atoms with Crippen LogP contribution in [0.5, 0.6) is 0 Å². The SMILES string of the molecule is CCOC(C)(CC)c1nc(N)c2c(n1)CCCCC2. The molecule has 2 N–H and O–H groups in total. The molecular weight excluding hydrogens is 238 g/mol. The normalized spacial score (nSPS) is 18.5. The zero-order valence-corrected chi connectivity index (χ0v) is 12.3. The second kappa shape index (κ2) is 5.87. The van der Waals surface area contributed by atoms with Gasteiger partial charge >= 0.3 is 0 Å². The first-order chi connectivity index (χ1) is 9.10. The van der Waals surface area contributed by atoms with Crippen LogP contribution in [0.3, 0.4) is 0 Å². The molecule has 1 unspecified atom stereocenters. The fourth-order valence-corrected chi connectivity index (χ4v) is 2.68. The van der Waals surface area contributed by atoms with Crippen molar-refractivity contribution in [3.8, 4) is 0 Å². The molecule has 0 saturated carbocycles. The quantitative estimate of drug-likeness (QED) is 0.848. The lowest BCUT2D eigenvalue weighted by atomic mass is 10.0. The number of ether oxygens (including phenoxy) is 1. The molecule has 0 fully saturated rings. The molecule has 4 nitrogen and oxygen atoms in total. The third-order valence-corrected chi connectivity index (χ3v) is 4.08. The van der Waals surface area contributed by atoms with Gasteiger partial charge in [-0.1, -0.05) is 13.3 Å². The van der Waals surface area contributed by atoms with Crippen molar-refractivity contribution in [3.05, 3.63) is 17.1 Å². The Kier molecular flexibility index (Phi) is 4.40. The second-order valence-corrected chi connectivity index (χ2v) is 5.44. The van der Waals surface area contributed by atoms with E-state index in [2.05, 4.69) is 11.9 Å². The fourth-order valence-electron chi connectivity index (χ4n) is 2.68. The summed E-state index contributed by atoms with van der Waals surface area (Å²) in [6.45, 7) is 6.81. The molecule has 0 saturated heterocycles. The van der Waals surface area contributed by atoms with Gasteiger partial charge in [0.25, 0.3) is 0 Å². The van der Waals surface area contributed by atoms with E-state index in [1.54, 1.807) is 0 Å². The van der Waals surface area contributed by atoms with Gasteiger partial charge in [-0.2, -0.15) is 0 Å². The number of nitrogen functional groups attached to an aromatic ring is 1. The Balaban J connectivity index is 2.42. The van der Waals surface area contributed by atoms with Crippen molar-refractivity contribution in [2.45, 2.75) is 64.9 Å². The minimum Gasteiger partial charge on any atom is -0.383 e. The largest absolute Gasteiger partial charge is 0.383 e. The van der Waals surface area contributed by atoms with E-state index >= 15 is 0 Å². The van der Waals surface area contributed by atoms with Gasteiger partial charge in [0.1, 0.15) is 11.4 Å². The molecule has 0 bridgehead atoms. The maximum atomic E-state index is 6.15. The summed E-state index contributed by atoms with van der Waals surface area (Å²) in [5, 5.41) is 0. The number of anilines is 1. The van der Waals surface area contributed by atoms with Gasteiger partial charge in [-0.3, -0.25) is 0 Å². The number of aryl methyl sites for hydroxylation is 1. The third kappa shape index (κ3) is 2.89. The molecule has 1 atom stereocenters. The standard InChI is InChI=1S/C15H25N3O/c1-4-15(3,19-5-2)14-17-12-10-8-6-7-9-11(12)13(16)18-14/h4-10H2,1-3H3,(H2,16,17,18). The highest BCUT2D eigenvalue weighted by Gasteiger charge is 2.30. The van der Waals surface area contributed by atoms with E-state index in [4.69, 9.17) is 15.5 Å². The van der Waals surface area contributed by atoms with Gasteiger partial charge in [0.15, 0.2) is 5.82 Å². The van der Waals surface area contributed by atoms with Crippen LogP contribution in [0.15, 0.2) is 0 Å². The second-order valence-electron chi connectivity index (χ2n) is 5.44. The van der Waals surface area contributed by atoms with Crippen molar-refractivity contribution < 1.29 is 4.74 Å². The van der Waals surface area contributed by atoms with Crippen molar-refractivity contribution >= 4 is 5.82 Å². The number of rotatable bonds is 4. The van der Waals surface area contributed by atoms with Gasteiger partial charge in [0.05, 0.1) is 0 Å². The number of aromatic nitrogens is 2. The molecule has 2 rings (SSSR count). The fraction of sp³-hybridized carbons (Fsp3) is 0.733. The van der Waals surface area contributed by atoms with Gasteiger partial charge in [-0.15, -0.1) is 0 Å². The lowest BCUT2D eigenvalue weighted by Crippen LogP contribution is -2.29. The summed E-state index contributed by atoms with van der Waals surface area (Å²) in [6.07, 6.45) is 6.51. The Morgan fingerprint density at radius 3 is 2.58 bits per heavy atom. The van der Waals surface area contributed by atoms with E-state index in [1.165, 1.54) is 19.3 Å². The van der Waals surface area contributed by atoms with Gasteiger partial charge < -0.3 is 10.5 Å². The lowest BCUT2D eigenvalue weighted by molar-refractivity contribution is -0.0391. The zero-order valence-electron chi connectivity index (χ0n) is 12.3. The smallest absolute Gasteiger partial charge is 0.162 e. The maximum Gasteiger partial charge on any atom is 0.162 e. The van der Waals surface area contributed by atoms with Crippen molar-refractivity contribution in [1.29, 1.82) is 0 Å². The number of fused-ring (bicyclic) bond motifs is 1. The summed E-state index contributed by atoms with van der Waals surface area (Å²) in [5.41, 5.74) is 8.03. The van der Waals surface area contributed by atoms with E-state index in [9.17, 15) is 0 Å². The molecule has 19 heavy (non-hydrogen) atoms. The predicted octanol–water partition coefficient (Wildman–Crippen LogP) is 2.99. The molecule has 0 amide bonds. The summed E-state index contributed by atoms with van der Waals surface area (Å²) in [5.74, 6) is 1.40. The zero-order chi connectivity index (χ0) is 13.9. The van der Waals surface area contributed by atoms with Gasteiger partial charge in [-0.05, 0) is 46.0 Å². The van der Waals surface area contributed by atoms with Crippen LogP contribution in [0.1, 0.15) is 63.5 Å². The van der Waals surface area contributed by atoms with Crippen LogP contribution in [0, 0.1) is 0 Å². The molecule has 1 aromatic heterocycles. The van der Waals surface area contributed by atoms with Crippen molar-refractivity contribution in [2.24, 2.45) is 0 Å². The average molecular weight is 263 g/mol. The highest BCUT2D eigenvalue weighted by atomic mass is 16.5. The first-order valence-corrected chi connectivity index (χ1v) is 7.40. The third-order valence-electron chi connectivity index (χ3n) is 4.08. The Labute approximate surface area is 115 Å². The molecule has 106 valence electrons. The molecular formula is C15H25N3O. The Morgan fingerprint density at radius 1 is 1.16 bits per heavy atom. The first kappa shape index (κ1) is 14.3. The molecule has 1 aromatic rings. The molecule has 4 heteroatoms. The Bertz CT molecular complexity index is 447. The molecule has 0 spiro atoms. The van der Waals surface area contributed by atoms with Crippen LogP contribution in [0.4, 0.5) is 5.82 Å². The summed E-state index contributed by atoms with van der Waals surface area (Å²) < 4.78 is 5.86. The summed E-state index contributed by atoms with van der Waals surface area (Å²) in [6, 6.07) is 0. The number of nitrogens with zero attached hydrogens (tertiary/aromatic N) is 2. The highest BCUT2D eigenvalue weighted by Crippen LogP contribution is 2.30. The first-order valence-electron chi connectivity index (χ1n) is 7.40. The average Bonchev–Trinajstić information content (AvgIpc) is 2.64. The molecule has 0 aromatic carbocycles. The van der Waals surface area contributed by atoms with Crippen LogP contribution in [0.25, 0.3) is 0 Å². The monoisotopic (exact) mass is 263 g/mol. The molecule has 0 aliphatic heterocycles. The minimum absolute atomic E-state index is 0.426. The molecule has 1 aliphatic carbocycles. The van der Waals surface area contributed by atoms with E-state index in [1.807, 2.05) is 13.8 Å².